The van der Waals surface area contributed by atoms with Crippen LogP contribution in [0.3, 0.4) is 0 Å². The Bertz CT molecular complexity index is 1260. The van der Waals surface area contributed by atoms with E-state index in [9.17, 15) is 9.59 Å². The molecule has 5 nitrogen and oxygen atoms in total. The zero-order valence-electron chi connectivity index (χ0n) is 15.8. The molecular formula is C23H15BrClNO4. The smallest absolute Gasteiger partial charge is 0.339 e. The Balaban J connectivity index is 1.66. The number of nitrogens with zero attached hydrogens (tertiary/aromatic N) is 1. The van der Waals surface area contributed by atoms with Gasteiger partial charge in [0.2, 0.25) is 0 Å². The normalized spacial score (nSPS) is 10.9. The number of rotatable bonds is 5. The molecule has 4 rings (SSSR count). The number of esters is 1. The third-order valence-electron chi connectivity index (χ3n) is 4.49. The van der Waals surface area contributed by atoms with Gasteiger partial charge in [-0.05, 0) is 42.8 Å². The third kappa shape index (κ3) is 4.15. The van der Waals surface area contributed by atoms with Crippen LogP contribution in [0.2, 0.25) is 5.02 Å². The topological polar surface area (TPSA) is 69.4 Å². The van der Waals surface area contributed by atoms with E-state index in [0.717, 1.165) is 10.0 Å². The number of aromatic nitrogens is 1. The SMILES string of the molecule is Cc1coc(-c2cc(C(=O)OCC(=O)c3ccc(Br)cc3)c3cccc(Cl)c3n2)c1. The largest absolute Gasteiger partial charge is 0.462 e. The van der Waals surface area contributed by atoms with Gasteiger partial charge in [-0.15, -0.1) is 0 Å². The molecule has 0 unspecified atom stereocenters. The number of pyridine rings is 1. The third-order valence-corrected chi connectivity index (χ3v) is 5.33. The fourth-order valence-electron chi connectivity index (χ4n) is 3.00. The van der Waals surface area contributed by atoms with Gasteiger partial charge in [-0.25, -0.2) is 9.78 Å². The number of ketones is 1. The van der Waals surface area contributed by atoms with Crippen molar-refractivity contribution in [2.24, 2.45) is 0 Å². The fourth-order valence-corrected chi connectivity index (χ4v) is 3.48. The van der Waals surface area contributed by atoms with Crippen molar-refractivity contribution in [3.8, 4) is 11.5 Å². The Labute approximate surface area is 185 Å². The molecule has 4 aromatic rings. The van der Waals surface area contributed by atoms with Crippen LogP contribution in [0.25, 0.3) is 22.4 Å². The molecule has 0 aliphatic rings. The standard InChI is InChI=1S/C23H15BrClNO4/c1-13-9-21(29-11-13)19-10-17(16-3-2-4-18(25)22(16)26-19)23(28)30-12-20(27)14-5-7-15(24)8-6-14/h2-11H,12H2,1H3. The second kappa shape index (κ2) is 8.42. The Hall–Kier alpha value is -2.96. The van der Waals surface area contributed by atoms with E-state index in [1.807, 2.05) is 13.0 Å². The number of furan rings is 1. The first-order valence-electron chi connectivity index (χ1n) is 9.03. The minimum absolute atomic E-state index is 0.259. The molecule has 0 atom stereocenters. The number of Topliss-reactive ketones (excluding diaryl/α,β-unsaturated/α-hetero) is 1. The molecule has 2 heterocycles. The van der Waals surface area contributed by atoms with Crippen molar-refractivity contribution in [2.45, 2.75) is 6.92 Å². The molecule has 0 amide bonds. The van der Waals surface area contributed by atoms with E-state index in [4.69, 9.17) is 20.8 Å². The molecule has 0 N–H and O–H groups in total. The molecule has 2 aromatic heterocycles. The van der Waals surface area contributed by atoms with Crippen LogP contribution in [-0.4, -0.2) is 23.3 Å². The maximum Gasteiger partial charge on any atom is 0.339 e. The highest BCUT2D eigenvalue weighted by atomic mass is 79.9. The van der Waals surface area contributed by atoms with Gasteiger partial charge in [-0.3, -0.25) is 4.79 Å². The first-order valence-corrected chi connectivity index (χ1v) is 10.2. The number of benzene rings is 2. The van der Waals surface area contributed by atoms with Gasteiger partial charge in [-0.1, -0.05) is 51.8 Å². The molecule has 7 heteroatoms. The van der Waals surface area contributed by atoms with Crippen molar-refractivity contribution >= 4 is 50.2 Å². The van der Waals surface area contributed by atoms with Crippen molar-refractivity contribution in [2.75, 3.05) is 6.61 Å². The molecule has 0 spiro atoms. The molecule has 0 fully saturated rings. The van der Waals surface area contributed by atoms with Gasteiger partial charge in [0.15, 0.2) is 18.2 Å². The zero-order chi connectivity index (χ0) is 21.3. The van der Waals surface area contributed by atoms with Crippen molar-refractivity contribution in [1.29, 1.82) is 0 Å². The second-order valence-electron chi connectivity index (χ2n) is 6.69. The average molecular weight is 485 g/mol. The van der Waals surface area contributed by atoms with E-state index in [1.165, 1.54) is 0 Å². The predicted octanol–water partition coefficient (Wildman–Crippen LogP) is 6.26. The van der Waals surface area contributed by atoms with E-state index in [2.05, 4.69) is 20.9 Å². The molecule has 0 saturated heterocycles. The molecule has 0 radical (unpaired) electrons. The van der Waals surface area contributed by atoms with Crippen molar-refractivity contribution in [3.63, 3.8) is 0 Å². The molecule has 2 aromatic carbocycles. The van der Waals surface area contributed by atoms with Crippen LogP contribution in [0, 0.1) is 6.92 Å². The van der Waals surface area contributed by atoms with Crippen LogP contribution in [0.15, 0.2) is 69.8 Å². The second-order valence-corrected chi connectivity index (χ2v) is 8.01. The summed E-state index contributed by atoms with van der Waals surface area (Å²) in [4.78, 5) is 29.8. The molecule has 150 valence electrons. The van der Waals surface area contributed by atoms with Gasteiger partial charge >= 0.3 is 5.97 Å². The summed E-state index contributed by atoms with van der Waals surface area (Å²) in [5.41, 5.74) is 2.55. The van der Waals surface area contributed by atoms with Crippen LogP contribution in [0.1, 0.15) is 26.3 Å². The van der Waals surface area contributed by atoms with Gasteiger partial charge < -0.3 is 9.15 Å². The highest BCUT2D eigenvalue weighted by molar-refractivity contribution is 9.10. The average Bonchev–Trinajstić information content (AvgIpc) is 3.18. The highest BCUT2D eigenvalue weighted by Crippen LogP contribution is 2.30. The lowest BCUT2D eigenvalue weighted by atomic mass is 10.1. The number of ether oxygens (including phenoxy) is 1. The lowest BCUT2D eigenvalue weighted by molar-refractivity contribution is 0.0476. The van der Waals surface area contributed by atoms with Gasteiger partial charge in [0.25, 0.3) is 0 Å². The molecule has 30 heavy (non-hydrogen) atoms. The summed E-state index contributed by atoms with van der Waals surface area (Å²) in [5.74, 6) is -0.428. The van der Waals surface area contributed by atoms with Crippen molar-refractivity contribution in [1.82, 2.24) is 4.98 Å². The summed E-state index contributed by atoms with van der Waals surface area (Å²) in [7, 11) is 0. The molecule has 0 aliphatic carbocycles. The zero-order valence-corrected chi connectivity index (χ0v) is 18.2. The number of fused-ring (bicyclic) bond motifs is 1. The van der Waals surface area contributed by atoms with E-state index in [-0.39, 0.29) is 18.0 Å². The number of hydrogen-bond donors (Lipinski definition) is 0. The molecule has 0 saturated carbocycles. The number of carbonyl (C=O) groups excluding carboxylic acids is 2. The maximum absolute atomic E-state index is 12.9. The summed E-state index contributed by atoms with van der Waals surface area (Å²) in [5, 5.41) is 0.938. The monoisotopic (exact) mass is 483 g/mol. The van der Waals surface area contributed by atoms with E-state index < -0.39 is 5.97 Å². The molecule has 0 bridgehead atoms. The summed E-state index contributed by atoms with van der Waals surface area (Å²) < 4.78 is 11.7. The summed E-state index contributed by atoms with van der Waals surface area (Å²) >= 11 is 9.64. The molecular weight excluding hydrogens is 470 g/mol. The van der Waals surface area contributed by atoms with Crippen LogP contribution in [0.5, 0.6) is 0 Å². The number of aryl methyl sites for hydroxylation is 1. The van der Waals surface area contributed by atoms with E-state index in [1.54, 1.807) is 54.8 Å². The van der Waals surface area contributed by atoms with Gasteiger partial charge in [0.1, 0.15) is 5.69 Å². The lowest BCUT2D eigenvalue weighted by Crippen LogP contribution is -2.15. The fraction of sp³-hybridized carbons (Fsp3) is 0.0870. The minimum atomic E-state index is -0.639. The van der Waals surface area contributed by atoms with E-state index in [0.29, 0.717) is 32.9 Å². The van der Waals surface area contributed by atoms with Crippen LogP contribution in [-0.2, 0) is 4.74 Å². The van der Waals surface area contributed by atoms with Crippen molar-refractivity contribution < 1.29 is 18.7 Å². The highest BCUT2D eigenvalue weighted by Gasteiger charge is 2.19. The quantitative estimate of drug-likeness (QED) is 0.247. The van der Waals surface area contributed by atoms with Crippen LogP contribution < -0.4 is 0 Å². The minimum Gasteiger partial charge on any atom is -0.462 e. The van der Waals surface area contributed by atoms with Gasteiger partial charge in [0, 0.05) is 15.4 Å². The number of para-hydroxylation sites is 1. The molecule has 0 aliphatic heterocycles. The maximum atomic E-state index is 12.9. The van der Waals surface area contributed by atoms with Crippen LogP contribution >= 0.6 is 27.5 Å². The number of hydrogen-bond acceptors (Lipinski definition) is 5. The predicted molar refractivity (Wildman–Crippen MR) is 118 cm³/mol. The number of carbonyl (C=O) groups is 2. The van der Waals surface area contributed by atoms with Crippen molar-refractivity contribution in [3.05, 3.63) is 87.0 Å². The Morgan fingerprint density at radius 2 is 1.90 bits per heavy atom. The lowest BCUT2D eigenvalue weighted by Gasteiger charge is -2.10. The number of halogens is 2. The van der Waals surface area contributed by atoms with Crippen LogP contribution in [0.4, 0.5) is 0 Å². The van der Waals surface area contributed by atoms with Gasteiger partial charge in [0.05, 0.1) is 22.4 Å². The Morgan fingerprint density at radius 1 is 1.13 bits per heavy atom. The first kappa shape index (κ1) is 20.3. The van der Waals surface area contributed by atoms with Gasteiger partial charge in [-0.2, -0.15) is 0 Å². The first-order chi connectivity index (χ1) is 14.4. The summed E-state index contributed by atoms with van der Waals surface area (Å²) in [6.45, 7) is 1.52. The summed E-state index contributed by atoms with van der Waals surface area (Å²) in [6.07, 6.45) is 1.60. The van der Waals surface area contributed by atoms with E-state index >= 15 is 0 Å². The Kier molecular flexibility index (Phi) is 5.70. The Morgan fingerprint density at radius 3 is 2.60 bits per heavy atom. The summed E-state index contributed by atoms with van der Waals surface area (Å²) in [6, 6.07) is 15.4.